The molecule has 5 nitrogen and oxygen atoms in total. The van der Waals surface area contributed by atoms with Crippen molar-refractivity contribution in [2.75, 3.05) is 12.3 Å². The third-order valence-corrected chi connectivity index (χ3v) is 5.82. The number of carbonyl (C=O) groups excluding carboxylic acids is 2. The first kappa shape index (κ1) is 23.6. The Bertz CT molecular complexity index is 928. The fourth-order valence-corrected chi connectivity index (χ4v) is 4.32. The zero-order valence-corrected chi connectivity index (χ0v) is 17.2. The van der Waals surface area contributed by atoms with E-state index in [0.29, 0.717) is 17.1 Å². The zero-order chi connectivity index (χ0) is 22.1. The molecule has 0 aliphatic carbocycles. The van der Waals surface area contributed by atoms with Crippen molar-refractivity contribution in [2.24, 2.45) is 5.73 Å². The molecule has 10 heteroatoms. The number of rotatable bonds is 9. The second-order valence-corrected chi connectivity index (χ2v) is 8.26. The van der Waals surface area contributed by atoms with Crippen molar-refractivity contribution < 1.29 is 22.8 Å². The van der Waals surface area contributed by atoms with Crippen molar-refractivity contribution >= 4 is 35.3 Å². The first-order chi connectivity index (χ1) is 14.2. The van der Waals surface area contributed by atoms with Crippen LogP contribution in [0.15, 0.2) is 53.4 Å². The number of amides is 2. The van der Waals surface area contributed by atoms with Gasteiger partial charge in [0.05, 0.1) is 12.0 Å². The fraction of sp³-hybridized carbons (Fsp3) is 0.250. The highest BCUT2D eigenvalue weighted by molar-refractivity contribution is 8.00. The molecule has 0 saturated carbocycles. The molecule has 158 valence electrons. The van der Waals surface area contributed by atoms with E-state index in [1.807, 2.05) is 6.07 Å². The number of benzene rings is 2. The second kappa shape index (κ2) is 10.9. The quantitative estimate of drug-likeness (QED) is 0.441. The lowest BCUT2D eigenvalue weighted by Gasteiger charge is -2.18. The van der Waals surface area contributed by atoms with Gasteiger partial charge in [-0.25, -0.2) is 0 Å². The summed E-state index contributed by atoms with van der Waals surface area (Å²) >= 11 is 1.21. The number of primary amides is 1. The highest BCUT2D eigenvalue weighted by atomic mass is 32.2. The molecule has 0 radical (unpaired) electrons. The van der Waals surface area contributed by atoms with Gasteiger partial charge in [-0.2, -0.15) is 30.2 Å². The summed E-state index contributed by atoms with van der Waals surface area (Å²) in [4.78, 5) is 24.4. The van der Waals surface area contributed by atoms with Crippen LogP contribution in [-0.2, 0) is 10.5 Å². The van der Waals surface area contributed by atoms with Crippen LogP contribution in [0.5, 0.6) is 0 Å². The van der Waals surface area contributed by atoms with E-state index in [0.717, 1.165) is 5.56 Å². The Labute approximate surface area is 180 Å². The van der Waals surface area contributed by atoms with Gasteiger partial charge in [-0.15, -0.1) is 0 Å². The van der Waals surface area contributed by atoms with Crippen molar-refractivity contribution in [3.63, 3.8) is 0 Å². The SMILES string of the molecule is N#CCNC(=O)C(CSCc1ccc(SC(F)(F)F)cc1)c1ccccc1C(N)=O. The van der Waals surface area contributed by atoms with Crippen LogP contribution in [0.4, 0.5) is 13.2 Å². The van der Waals surface area contributed by atoms with E-state index in [-0.39, 0.29) is 28.8 Å². The van der Waals surface area contributed by atoms with Gasteiger partial charge in [-0.05, 0) is 41.1 Å². The number of nitriles is 1. The number of carbonyl (C=O) groups is 2. The lowest BCUT2D eigenvalue weighted by atomic mass is 9.94. The number of hydrogen-bond donors (Lipinski definition) is 2. The van der Waals surface area contributed by atoms with Crippen LogP contribution in [0.2, 0.25) is 0 Å². The molecule has 0 fully saturated rings. The molecule has 0 bridgehead atoms. The number of nitrogens with one attached hydrogen (secondary N) is 1. The van der Waals surface area contributed by atoms with Crippen molar-refractivity contribution in [3.05, 3.63) is 65.2 Å². The predicted octanol–water partition coefficient (Wildman–Crippen LogP) is 4.05. The number of halogens is 3. The summed E-state index contributed by atoms with van der Waals surface area (Å²) < 4.78 is 37.2. The van der Waals surface area contributed by atoms with Crippen molar-refractivity contribution in [3.8, 4) is 6.07 Å². The molecule has 2 amide bonds. The van der Waals surface area contributed by atoms with Crippen LogP contribution in [-0.4, -0.2) is 29.6 Å². The van der Waals surface area contributed by atoms with Crippen LogP contribution < -0.4 is 11.1 Å². The molecule has 0 saturated heterocycles. The Kier molecular flexibility index (Phi) is 8.62. The Morgan fingerprint density at radius 3 is 2.40 bits per heavy atom. The van der Waals surface area contributed by atoms with Crippen molar-refractivity contribution in [1.82, 2.24) is 5.32 Å². The maximum Gasteiger partial charge on any atom is 0.446 e. The molecular formula is C20H18F3N3O2S2. The molecule has 3 N–H and O–H groups in total. The van der Waals surface area contributed by atoms with Gasteiger partial charge in [0, 0.05) is 22.0 Å². The van der Waals surface area contributed by atoms with Gasteiger partial charge < -0.3 is 11.1 Å². The van der Waals surface area contributed by atoms with Crippen LogP contribution in [0.1, 0.15) is 27.4 Å². The molecule has 1 atom stereocenters. The molecule has 2 aromatic carbocycles. The number of hydrogen-bond acceptors (Lipinski definition) is 5. The molecule has 2 rings (SSSR count). The third kappa shape index (κ3) is 7.31. The van der Waals surface area contributed by atoms with Gasteiger partial charge in [0.2, 0.25) is 11.8 Å². The number of nitrogens with zero attached hydrogens (tertiary/aromatic N) is 1. The van der Waals surface area contributed by atoms with Gasteiger partial charge in [0.25, 0.3) is 0 Å². The Morgan fingerprint density at radius 2 is 1.80 bits per heavy atom. The van der Waals surface area contributed by atoms with Gasteiger partial charge in [-0.3, -0.25) is 9.59 Å². The summed E-state index contributed by atoms with van der Waals surface area (Å²) in [5, 5.41) is 11.2. The average molecular weight is 454 g/mol. The maximum absolute atomic E-state index is 12.6. The van der Waals surface area contributed by atoms with Gasteiger partial charge in [-0.1, -0.05) is 30.3 Å². The van der Waals surface area contributed by atoms with Crippen molar-refractivity contribution in [1.29, 1.82) is 5.26 Å². The van der Waals surface area contributed by atoms with E-state index in [9.17, 15) is 22.8 Å². The van der Waals surface area contributed by atoms with E-state index < -0.39 is 23.2 Å². The maximum atomic E-state index is 12.6. The third-order valence-electron chi connectivity index (χ3n) is 3.97. The number of nitrogens with two attached hydrogens (primary N) is 1. The average Bonchev–Trinajstić information content (AvgIpc) is 2.69. The monoisotopic (exact) mass is 453 g/mol. The minimum Gasteiger partial charge on any atom is -0.366 e. The fourth-order valence-electron chi connectivity index (χ4n) is 2.66. The van der Waals surface area contributed by atoms with Gasteiger partial charge in [0.15, 0.2) is 0 Å². The van der Waals surface area contributed by atoms with E-state index in [4.69, 9.17) is 11.0 Å². The summed E-state index contributed by atoms with van der Waals surface area (Å²) in [5.74, 6) is -1.04. The first-order valence-electron chi connectivity index (χ1n) is 8.67. The summed E-state index contributed by atoms with van der Waals surface area (Å²) in [7, 11) is 0. The van der Waals surface area contributed by atoms with Crippen LogP contribution in [0.3, 0.4) is 0 Å². The van der Waals surface area contributed by atoms with Crippen molar-refractivity contribution in [2.45, 2.75) is 22.1 Å². The molecule has 0 spiro atoms. The second-order valence-electron chi connectivity index (χ2n) is 6.09. The zero-order valence-electron chi connectivity index (χ0n) is 15.6. The van der Waals surface area contributed by atoms with E-state index in [1.165, 1.54) is 30.0 Å². The summed E-state index contributed by atoms with van der Waals surface area (Å²) in [6.45, 7) is -0.170. The summed E-state index contributed by atoms with van der Waals surface area (Å²) in [5.41, 5.74) is 2.56. The predicted molar refractivity (Wildman–Crippen MR) is 111 cm³/mol. The normalized spacial score (nSPS) is 12.1. The van der Waals surface area contributed by atoms with E-state index in [1.54, 1.807) is 30.3 Å². The largest absolute Gasteiger partial charge is 0.446 e. The topological polar surface area (TPSA) is 96.0 Å². The standard InChI is InChI=1S/C20H18F3N3O2S2/c21-20(22,23)30-14-7-5-13(6-8-14)11-29-12-17(19(28)26-10-9-24)15-3-1-2-4-16(15)18(25)27/h1-8,17H,10-12H2,(H2,25,27)(H,26,28). The van der Waals surface area contributed by atoms with E-state index in [2.05, 4.69) is 5.32 Å². The van der Waals surface area contributed by atoms with Gasteiger partial charge in [0.1, 0.15) is 6.54 Å². The lowest BCUT2D eigenvalue weighted by molar-refractivity contribution is -0.121. The number of alkyl halides is 3. The molecule has 0 aromatic heterocycles. The number of thioether (sulfide) groups is 2. The highest BCUT2D eigenvalue weighted by Gasteiger charge is 2.29. The smallest absolute Gasteiger partial charge is 0.366 e. The Hall–Kier alpha value is -2.64. The molecule has 0 aliphatic rings. The highest BCUT2D eigenvalue weighted by Crippen LogP contribution is 2.37. The molecule has 30 heavy (non-hydrogen) atoms. The van der Waals surface area contributed by atoms with Crippen LogP contribution >= 0.6 is 23.5 Å². The van der Waals surface area contributed by atoms with Crippen LogP contribution in [0, 0.1) is 11.3 Å². The molecule has 1 unspecified atom stereocenters. The molecule has 0 heterocycles. The molecule has 0 aliphatic heterocycles. The minimum atomic E-state index is -4.34. The summed E-state index contributed by atoms with van der Waals surface area (Å²) in [6, 6.07) is 14.3. The summed E-state index contributed by atoms with van der Waals surface area (Å²) in [6.07, 6.45) is 0. The van der Waals surface area contributed by atoms with E-state index >= 15 is 0 Å². The minimum absolute atomic E-state index is 0.0976. The Balaban J connectivity index is 2.09. The first-order valence-corrected chi connectivity index (χ1v) is 10.6. The van der Waals surface area contributed by atoms with Gasteiger partial charge >= 0.3 is 5.51 Å². The lowest BCUT2D eigenvalue weighted by Crippen LogP contribution is -2.32. The molecule has 2 aromatic rings. The Morgan fingerprint density at radius 1 is 1.13 bits per heavy atom. The molecular weight excluding hydrogens is 435 g/mol. The van der Waals surface area contributed by atoms with Crippen LogP contribution in [0.25, 0.3) is 0 Å².